The van der Waals surface area contributed by atoms with Crippen LogP contribution < -0.4 is 10.6 Å². The average Bonchev–Trinajstić information content (AvgIpc) is 3.19. The SMILES string of the molecule is CCc1ccc(C(CNC(=O)c2cn(C3CCNCC3)nn2)N(C)C)cc1.Cl.Cl. The lowest BCUT2D eigenvalue weighted by atomic mass is 10.0. The molecule has 1 aromatic carbocycles. The molecule has 2 heterocycles. The Morgan fingerprint density at radius 3 is 2.48 bits per heavy atom. The summed E-state index contributed by atoms with van der Waals surface area (Å²) in [5, 5.41) is 14.6. The normalized spacial score (nSPS) is 15.3. The lowest BCUT2D eigenvalue weighted by Crippen LogP contribution is -2.34. The van der Waals surface area contributed by atoms with E-state index in [-0.39, 0.29) is 36.8 Å². The number of carbonyl (C=O) groups excluding carboxylic acids is 1. The highest BCUT2D eigenvalue weighted by atomic mass is 35.5. The number of halogens is 2. The van der Waals surface area contributed by atoms with E-state index < -0.39 is 0 Å². The lowest BCUT2D eigenvalue weighted by Gasteiger charge is -2.25. The number of hydrogen-bond donors (Lipinski definition) is 2. The molecule has 1 unspecified atom stereocenters. The van der Waals surface area contributed by atoms with Gasteiger partial charge >= 0.3 is 0 Å². The molecule has 0 bridgehead atoms. The standard InChI is InChI=1S/C20H30N6O.2ClH/c1-4-15-5-7-16(8-6-15)19(25(2)3)13-22-20(27)18-14-26(24-23-18)17-9-11-21-12-10-17;;/h5-8,14,17,19,21H,4,9-13H2,1-3H3,(H,22,27);2*1H. The molecule has 0 aliphatic carbocycles. The highest BCUT2D eigenvalue weighted by molar-refractivity contribution is 5.91. The smallest absolute Gasteiger partial charge is 0.273 e. The van der Waals surface area contributed by atoms with Gasteiger partial charge < -0.3 is 15.5 Å². The van der Waals surface area contributed by atoms with Crippen LogP contribution in [0.2, 0.25) is 0 Å². The second-order valence-electron chi connectivity index (χ2n) is 7.35. The molecule has 1 aliphatic rings. The zero-order valence-corrected chi connectivity index (χ0v) is 18.9. The van der Waals surface area contributed by atoms with Gasteiger partial charge in [0.1, 0.15) is 0 Å². The minimum atomic E-state index is -0.174. The zero-order valence-electron chi connectivity index (χ0n) is 17.3. The van der Waals surface area contributed by atoms with Gasteiger partial charge in [-0.05, 0) is 57.6 Å². The molecule has 162 valence electrons. The maximum absolute atomic E-state index is 12.5. The molecule has 2 N–H and O–H groups in total. The van der Waals surface area contributed by atoms with Crippen molar-refractivity contribution in [3.05, 3.63) is 47.3 Å². The number of nitrogens with zero attached hydrogens (tertiary/aromatic N) is 4. The third kappa shape index (κ3) is 6.67. The van der Waals surface area contributed by atoms with Crippen LogP contribution in [-0.2, 0) is 6.42 Å². The Morgan fingerprint density at radius 2 is 1.90 bits per heavy atom. The van der Waals surface area contributed by atoms with E-state index in [9.17, 15) is 4.79 Å². The predicted molar refractivity (Wildman–Crippen MR) is 120 cm³/mol. The van der Waals surface area contributed by atoms with Gasteiger partial charge in [-0.1, -0.05) is 36.4 Å². The van der Waals surface area contributed by atoms with Crippen molar-refractivity contribution in [3.8, 4) is 0 Å². The number of aryl methyl sites for hydroxylation is 1. The number of carbonyl (C=O) groups is 1. The monoisotopic (exact) mass is 442 g/mol. The fourth-order valence-corrected chi connectivity index (χ4v) is 3.48. The van der Waals surface area contributed by atoms with Crippen molar-refractivity contribution in [2.45, 2.75) is 38.3 Å². The number of aromatic nitrogens is 3. The van der Waals surface area contributed by atoms with E-state index in [1.807, 2.05) is 18.8 Å². The van der Waals surface area contributed by atoms with Crippen LogP contribution in [0, 0.1) is 0 Å². The molecular weight excluding hydrogens is 411 g/mol. The summed E-state index contributed by atoms with van der Waals surface area (Å²) in [4.78, 5) is 14.7. The highest BCUT2D eigenvalue weighted by Gasteiger charge is 2.20. The number of piperidine rings is 1. The Kier molecular flexibility index (Phi) is 10.6. The van der Waals surface area contributed by atoms with Gasteiger partial charge in [0.25, 0.3) is 5.91 Å². The van der Waals surface area contributed by atoms with Crippen molar-refractivity contribution in [1.29, 1.82) is 0 Å². The Balaban J connectivity index is 0.00000210. The summed E-state index contributed by atoms with van der Waals surface area (Å²) in [5.41, 5.74) is 2.89. The summed E-state index contributed by atoms with van der Waals surface area (Å²) in [6.45, 7) is 4.63. The summed E-state index contributed by atoms with van der Waals surface area (Å²) >= 11 is 0. The molecule has 0 spiro atoms. The summed E-state index contributed by atoms with van der Waals surface area (Å²) < 4.78 is 1.84. The first kappa shape index (κ1) is 25.4. The lowest BCUT2D eigenvalue weighted by molar-refractivity contribution is 0.0937. The topological polar surface area (TPSA) is 75.1 Å². The van der Waals surface area contributed by atoms with Gasteiger partial charge in [-0.15, -0.1) is 29.9 Å². The molecule has 1 amide bonds. The molecule has 1 atom stereocenters. The van der Waals surface area contributed by atoms with E-state index in [0.717, 1.165) is 32.4 Å². The first-order valence-electron chi connectivity index (χ1n) is 9.74. The Hall–Kier alpha value is -1.67. The zero-order chi connectivity index (χ0) is 19.2. The average molecular weight is 443 g/mol. The van der Waals surface area contributed by atoms with Gasteiger partial charge in [-0.2, -0.15) is 0 Å². The molecule has 0 saturated carbocycles. The van der Waals surface area contributed by atoms with E-state index in [1.54, 1.807) is 6.20 Å². The van der Waals surface area contributed by atoms with Gasteiger partial charge in [-0.25, -0.2) is 4.68 Å². The summed E-state index contributed by atoms with van der Waals surface area (Å²) in [6, 6.07) is 9.02. The number of likely N-dealkylation sites (N-methyl/N-ethyl adjacent to an activating group) is 1. The first-order valence-corrected chi connectivity index (χ1v) is 9.74. The van der Waals surface area contributed by atoms with Crippen LogP contribution in [0.1, 0.15) is 53.5 Å². The third-order valence-electron chi connectivity index (χ3n) is 5.28. The number of rotatable bonds is 7. The van der Waals surface area contributed by atoms with Crippen LogP contribution in [0.4, 0.5) is 0 Å². The first-order chi connectivity index (χ1) is 13.1. The minimum Gasteiger partial charge on any atom is -0.349 e. The number of benzene rings is 1. The molecule has 2 aromatic rings. The van der Waals surface area contributed by atoms with Gasteiger partial charge in [0.15, 0.2) is 5.69 Å². The second-order valence-corrected chi connectivity index (χ2v) is 7.35. The van der Waals surface area contributed by atoms with Gasteiger partial charge in [0.2, 0.25) is 0 Å². The van der Waals surface area contributed by atoms with Crippen molar-refractivity contribution >= 4 is 30.7 Å². The Labute approximate surface area is 185 Å². The van der Waals surface area contributed by atoms with Gasteiger partial charge in [0, 0.05) is 6.54 Å². The van der Waals surface area contributed by atoms with E-state index >= 15 is 0 Å². The second kappa shape index (κ2) is 12.1. The van der Waals surface area contributed by atoms with Crippen LogP contribution >= 0.6 is 24.8 Å². The Bertz CT molecular complexity index is 744. The maximum Gasteiger partial charge on any atom is 0.273 e. The van der Waals surface area contributed by atoms with Crippen LogP contribution in [0.15, 0.2) is 30.5 Å². The molecule has 1 aliphatic heterocycles. The van der Waals surface area contributed by atoms with Crippen LogP contribution in [0.3, 0.4) is 0 Å². The predicted octanol–water partition coefficient (Wildman–Crippen LogP) is 2.64. The number of nitrogens with one attached hydrogen (secondary N) is 2. The summed E-state index contributed by atoms with van der Waals surface area (Å²) in [7, 11) is 4.05. The van der Waals surface area contributed by atoms with E-state index in [1.165, 1.54) is 11.1 Å². The maximum atomic E-state index is 12.5. The third-order valence-corrected chi connectivity index (χ3v) is 5.28. The summed E-state index contributed by atoms with van der Waals surface area (Å²) in [6.07, 6.45) is 4.82. The van der Waals surface area contributed by atoms with Crippen molar-refractivity contribution in [2.24, 2.45) is 0 Å². The number of hydrogen-bond acceptors (Lipinski definition) is 5. The largest absolute Gasteiger partial charge is 0.349 e. The van der Waals surface area contributed by atoms with Crippen molar-refractivity contribution in [3.63, 3.8) is 0 Å². The van der Waals surface area contributed by atoms with Crippen LogP contribution in [0.5, 0.6) is 0 Å². The molecule has 9 heteroatoms. The molecule has 1 fully saturated rings. The molecule has 29 heavy (non-hydrogen) atoms. The van der Waals surface area contributed by atoms with E-state index in [0.29, 0.717) is 18.3 Å². The van der Waals surface area contributed by atoms with Gasteiger partial charge in [0.05, 0.1) is 18.3 Å². The molecule has 0 radical (unpaired) electrons. The fourth-order valence-electron chi connectivity index (χ4n) is 3.48. The van der Waals surface area contributed by atoms with Crippen molar-refractivity contribution in [1.82, 2.24) is 30.5 Å². The van der Waals surface area contributed by atoms with Crippen LogP contribution in [-0.4, -0.2) is 59.5 Å². The fraction of sp³-hybridized carbons (Fsp3) is 0.550. The van der Waals surface area contributed by atoms with E-state index in [2.05, 4.69) is 57.0 Å². The molecular formula is C20H32Cl2N6O. The minimum absolute atomic E-state index is 0. The van der Waals surface area contributed by atoms with Crippen molar-refractivity contribution < 1.29 is 4.79 Å². The molecule has 1 saturated heterocycles. The molecule has 1 aromatic heterocycles. The molecule has 7 nitrogen and oxygen atoms in total. The van der Waals surface area contributed by atoms with E-state index in [4.69, 9.17) is 0 Å². The van der Waals surface area contributed by atoms with Crippen molar-refractivity contribution in [2.75, 3.05) is 33.7 Å². The summed E-state index contributed by atoms with van der Waals surface area (Å²) in [5.74, 6) is -0.174. The Morgan fingerprint density at radius 1 is 1.24 bits per heavy atom. The van der Waals surface area contributed by atoms with Crippen LogP contribution in [0.25, 0.3) is 0 Å². The van der Waals surface area contributed by atoms with Gasteiger partial charge in [-0.3, -0.25) is 4.79 Å². The number of amides is 1. The molecule has 3 rings (SSSR count). The quantitative estimate of drug-likeness (QED) is 0.688. The highest BCUT2D eigenvalue weighted by Crippen LogP contribution is 2.19.